The smallest absolute Gasteiger partial charge is 0.337 e. The van der Waals surface area contributed by atoms with Gasteiger partial charge in [0, 0.05) is 37.4 Å². The normalized spacial score (nSPS) is 15.3. The first-order valence-corrected chi connectivity index (χ1v) is 13.2. The number of halogens is 5. The van der Waals surface area contributed by atoms with Crippen molar-refractivity contribution in [1.82, 2.24) is 4.57 Å². The largest absolute Gasteiger partial charge is 0.416 e. The van der Waals surface area contributed by atoms with E-state index in [2.05, 4.69) is 0 Å². The van der Waals surface area contributed by atoms with Crippen LogP contribution in [0.2, 0.25) is 0 Å². The number of fused-ring (bicyclic) bond motifs is 1. The van der Waals surface area contributed by atoms with E-state index >= 15 is 0 Å². The molecule has 38 heavy (non-hydrogen) atoms. The van der Waals surface area contributed by atoms with E-state index in [1.807, 2.05) is 6.92 Å². The molecule has 4 nitrogen and oxygen atoms in total. The van der Waals surface area contributed by atoms with E-state index < -0.39 is 23.4 Å². The van der Waals surface area contributed by atoms with Gasteiger partial charge in [0.2, 0.25) is 5.69 Å². The zero-order chi connectivity index (χ0) is 27.2. The molecule has 0 atom stereocenters. The number of thioether (sulfide) groups is 1. The van der Waals surface area contributed by atoms with Crippen LogP contribution in [0.3, 0.4) is 0 Å². The van der Waals surface area contributed by atoms with E-state index in [4.69, 9.17) is 0 Å². The highest BCUT2D eigenvalue weighted by Gasteiger charge is 2.34. The maximum Gasteiger partial charge on any atom is 0.416 e. The van der Waals surface area contributed by atoms with Gasteiger partial charge in [-0.3, -0.25) is 9.36 Å². The number of benzene rings is 2. The van der Waals surface area contributed by atoms with Crippen LogP contribution in [0.25, 0.3) is 11.1 Å². The van der Waals surface area contributed by atoms with Crippen molar-refractivity contribution in [1.29, 1.82) is 0 Å². The Bertz CT molecular complexity index is 1730. The first kappa shape index (κ1) is 26.2. The van der Waals surface area contributed by atoms with Crippen LogP contribution in [-0.2, 0) is 19.3 Å². The fraction of sp³-hybridized carbons (Fsp3) is 0.185. The average Bonchev–Trinajstić information content (AvgIpc) is 3.38. The molecule has 3 heterocycles. The Morgan fingerprint density at radius 2 is 1.76 bits per heavy atom. The van der Waals surface area contributed by atoms with Gasteiger partial charge in [0.1, 0.15) is 14.2 Å². The van der Waals surface area contributed by atoms with Gasteiger partial charge in [-0.05, 0) is 31.2 Å². The third-order valence-corrected chi connectivity index (χ3v) is 8.74. The summed E-state index contributed by atoms with van der Waals surface area (Å²) < 4.78 is 73.1. The zero-order valence-corrected chi connectivity index (χ0v) is 21.9. The van der Waals surface area contributed by atoms with Crippen molar-refractivity contribution in [2.24, 2.45) is 0 Å². The monoisotopic (exact) mass is 562 g/mol. The average molecular weight is 563 g/mol. The molecular formula is C27H21F5N3OS2+. The number of anilines is 1. The molecule has 1 aliphatic heterocycles. The quantitative estimate of drug-likeness (QED) is 0.267. The Morgan fingerprint density at radius 1 is 1.03 bits per heavy atom. The van der Waals surface area contributed by atoms with Gasteiger partial charge in [-0.2, -0.15) is 17.7 Å². The molecule has 0 unspecified atom stereocenters. The maximum atomic E-state index is 14.4. The lowest BCUT2D eigenvalue weighted by Gasteiger charge is -2.12. The highest BCUT2D eigenvalue weighted by atomic mass is 32.2. The molecule has 0 saturated carbocycles. The van der Waals surface area contributed by atoms with Crippen molar-refractivity contribution in [2.75, 3.05) is 11.9 Å². The van der Waals surface area contributed by atoms with Crippen LogP contribution in [0.5, 0.6) is 0 Å². The molecule has 0 amide bonds. The molecular weight excluding hydrogens is 541 g/mol. The van der Waals surface area contributed by atoms with E-state index in [1.54, 1.807) is 57.6 Å². The highest BCUT2D eigenvalue weighted by Crippen LogP contribution is 2.47. The number of nitrogens with zero attached hydrogens (tertiary/aromatic N) is 3. The van der Waals surface area contributed by atoms with Crippen molar-refractivity contribution in [3.05, 3.63) is 109 Å². The third-order valence-electron chi connectivity index (χ3n) is 6.23. The number of alkyl halides is 3. The van der Waals surface area contributed by atoms with Crippen LogP contribution in [0.1, 0.15) is 23.7 Å². The second kappa shape index (κ2) is 10.0. The summed E-state index contributed by atoms with van der Waals surface area (Å²) in [6.45, 7) is 2.14. The number of aromatic nitrogens is 2. The Morgan fingerprint density at radius 3 is 2.50 bits per heavy atom. The minimum atomic E-state index is -4.48. The van der Waals surface area contributed by atoms with Crippen LogP contribution in [0, 0.1) is 11.6 Å². The molecule has 0 bridgehead atoms. The predicted octanol–water partition coefficient (Wildman–Crippen LogP) is 4.70. The van der Waals surface area contributed by atoms with Crippen LogP contribution in [0.15, 0.2) is 70.5 Å². The van der Waals surface area contributed by atoms with Crippen molar-refractivity contribution in [3.8, 4) is 0 Å². The van der Waals surface area contributed by atoms with E-state index in [0.29, 0.717) is 32.2 Å². The van der Waals surface area contributed by atoms with Gasteiger partial charge >= 0.3 is 6.18 Å². The lowest BCUT2D eigenvalue weighted by atomic mass is 10.1. The summed E-state index contributed by atoms with van der Waals surface area (Å²) in [5.41, 5.74) is 0.212. The van der Waals surface area contributed by atoms with Gasteiger partial charge in [-0.15, -0.1) is 11.3 Å². The van der Waals surface area contributed by atoms with Gasteiger partial charge in [0.25, 0.3) is 5.56 Å². The summed E-state index contributed by atoms with van der Waals surface area (Å²) in [6, 6.07) is 13.2. The van der Waals surface area contributed by atoms with Gasteiger partial charge in [0.05, 0.1) is 16.1 Å². The number of pyridine rings is 1. The summed E-state index contributed by atoms with van der Waals surface area (Å²) in [7, 11) is 1.69. The zero-order valence-electron chi connectivity index (χ0n) is 20.2. The minimum absolute atomic E-state index is 0.0208. The van der Waals surface area contributed by atoms with E-state index in [0.717, 1.165) is 23.9 Å². The molecule has 4 aromatic rings. The van der Waals surface area contributed by atoms with Gasteiger partial charge in [0.15, 0.2) is 24.4 Å². The van der Waals surface area contributed by atoms with Crippen molar-refractivity contribution in [2.45, 2.75) is 31.1 Å². The molecule has 1 aliphatic rings. The van der Waals surface area contributed by atoms with Crippen LogP contribution in [-0.4, -0.2) is 11.6 Å². The van der Waals surface area contributed by atoms with Crippen molar-refractivity contribution < 1.29 is 26.5 Å². The predicted molar refractivity (Wildman–Crippen MR) is 138 cm³/mol. The number of hydrogen-bond acceptors (Lipinski definition) is 4. The molecule has 2 aromatic heterocycles. The Labute approximate surface area is 222 Å². The maximum absolute atomic E-state index is 14.4. The molecule has 0 radical (unpaired) electrons. The topological polar surface area (TPSA) is 29.1 Å². The summed E-state index contributed by atoms with van der Waals surface area (Å²) in [6.07, 6.45) is -1.04. The molecule has 11 heteroatoms. The second-order valence-electron chi connectivity index (χ2n) is 8.55. The van der Waals surface area contributed by atoms with E-state index in [-0.39, 0.29) is 22.6 Å². The lowest BCUT2D eigenvalue weighted by molar-refractivity contribution is -0.690. The standard InChI is InChI=1S/C27H21F5N3OS2/c1-3-35-21(37-24(25(35)36)26-33(2)20-12-11-19(28)22(29)23(20)38-26)14-17-9-6-7-13-34(17)15-16-8-4-5-10-18(16)27(30,31)32/h4-14H,3,15H2,1-2H3/q+1. The SMILES string of the molecule is CCn1c(=Cc2cccc[n+]2Cc2ccccc2C(F)(F)F)sc(=C2Sc3c(ccc(F)c3F)N2C)c1=O. The Kier molecular flexibility index (Phi) is 6.91. The Balaban J connectivity index is 1.63. The van der Waals surface area contributed by atoms with Crippen molar-refractivity contribution >= 4 is 39.9 Å². The van der Waals surface area contributed by atoms with Gasteiger partial charge < -0.3 is 4.90 Å². The van der Waals surface area contributed by atoms with Crippen LogP contribution in [0.4, 0.5) is 27.6 Å². The fourth-order valence-electron chi connectivity index (χ4n) is 4.33. The summed E-state index contributed by atoms with van der Waals surface area (Å²) in [4.78, 5) is 15.2. The van der Waals surface area contributed by atoms with Crippen LogP contribution >= 0.6 is 23.1 Å². The number of rotatable bonds is 4. The molecule has 5 rings (SSSR count). The fourth-order valence-corrected chi connectivity index (χ4v) is 6.82. The van der Waals surface area contributed by atoms with Gasteiger partial charge in [-0.1, -0.05) is 30.0 Å². The van der Waals surface area contributed by atoms with Crippen molar-refractivity contribution in [3.63, 3.8) is 0 Å². The molecule has 196 valence electrons. The lowest BCUT2D eigenvalue weighted by Crippen LogP contribution is -2.39. The highest BCUT2D eigenvalue weighted by molar-refractivity contribution is 8.08. The third kappa shape index (κ3) is 4.64. The summed E-state index contributed by atoms with van der Waals surface area (Å²) >= 11 is 2.19. The van der Waals surface area contributed by atoms with E-state index in [9.17, 15) is 26.7 Å². The molecule has 0 spiro atoms. The first-order chi connectivity index (χ1) is 18.1. The molecule has 0 saturated heterocycles. The minimum Gasteiger partial charge on any atom is -0.337 e. The molecule has 0 aliphatic carbocycles. The second-order valence-corrected chi connectivity index (χ2v) is 10.6. The van der Waals surface area contributed by atoms with E-state index in [1.165, 1.54) is 29.5 Å². The number of hydrogen-bond donors (Lipinski definition) is 0. The summed E-state index contributed by atoms with van der Waals surface area (Å²) in [5, 5.41) is 0.487. The Hall–Kier alpha value is -3.44. The van der Waals surface area contributed by atoms with Crippen LogP contribution < -0.4 is 24.2 Å². The molecule has 2 aromatic carbocycles. The van der Waals surface area contributed by atoms with Gasteiger partial charge in [-0.25, -0.2) is 8.78 Å². The summed E-state index contributed by atoms with van der Waals surface area (Å²) in [5.74, 6) is -1.92. The first-order valence-electron chi connectivity index (χ1n) is 11.6. The number of thiazole rings is 1. The molecule has 0 N–H and O–H groups in total. The molecule has 0 fully saturated rings.